The van der Waals surface area contributed by atoms with Gasteiger partial charge in [0.05, 0.1) is 25.3 Å². The highest BCUT2D eigenvalue weighted by Gasteiger charge is 2.57. The van der Waals surface area contributed by atoms with E-state index in [1.54, 1.807) is 48.0 Å². The quantitative estimate of drug-likeness (QED) is 0.249. The van der Waals surface area contributed by atoms with Gasteiger partial charge in [-0.2, -0.15) is 5.26 Å². The summed E-state index contributed by atoms with van der Waals surface area (Å²) in [4.78, 5) is 30.7. The molecule has 0 saturated carbocycles. The van der Waals surface area contributed by atoms with Crippen LogP contribution in [-0.4, -0.2) is 99.6 Å². The Morgan fingerprint density at radius 3 is 2.49 bits per heavy atom. The van der Waals surface area contributed by atoms with Gasteiger partial charge in [-0.1, -0.05) is 18.7 Å². The topological polar surface area (TPSA) is 153 Å². The molecule has 4 aliphatic rings. The molecule has 286 valence electrons. The predicted molar refractivity (Wildman–Crippen MR) is 195 cm³/mol. The number of fused-ring (bicyclic) bond motifs is 9. The number of alkyl carbamates (subject to hydrolysis) is 1. The fraction of sp³-hybridized carbons (Fsp3) is 0.564. The monoisotopic (exact) mass is 733 g/mol. The maximum absolute atomic E-state index is 13.7. The van der Waals surface area contributed by atoms with Gasteiger partial charge in [-0.3, -0.25) is 14.6 Å². The molecule has 14 heteroatoms. The van der Waals surface area contributed by atoms with Crippen molar-refractivity contribution in [1.82, 2.24) is 20.4 Å². The summed E-state index contributed by atoms with van der Waals surface area (Å²) in [6, 6.07) is 2.01. The fourth-order valence-electron chi connectivity index (χ4n) is 8.50. The first-order valence-electron chi connectivity index (χ1n) is 17.9. The standard InChI is InChI=1S/C39H51N5O9/c1-11-12-49-33-21(3)34-36(52-19-51-34)30-24(33)15-26-31-29-23(13-20(2)32(48-10)35(29)50-18-47-9)14-25(43(31)8)27(16-40)44(26)28(30)17-41-37(45)22(4)42-38(46)53-39(5,6)7/h11,13,22,25-28,31H,1,12,14-15,17-19H2,2-10H3,(H,41,45)(H,42,46)/t22-,25+,26?,27-,28-,31-/m0/s1. The van der Waals surface area contributed by atoms with Crippen LogP contribution in [0.25, 0.3) is 0 Å². The summed E-state index contributed by atoms with van der Waals surface area (Å²) >= 11 is 0. The lowest BCUT2D eigenvalue weighted by atomic mass is 9.71. The van der Waals surface area contributed by atoms with Crippen LogP contribution in [0.5, 0.6) is 28.7 Å². The zero-order chi connectivity index (χ0) is 38.4. The van der Waals surface area contributed by atoms with Crippen molar-refractivity contribution in [2.45, 2.75) is 96.2 Å². The van der Waals surface area contributed by atoms with Gasteiger partial charge in [-0.15, -0.1) is 0 Å². The number of amides is 2. The molecule has 2 aromatic rings. The average molecular weight is 734 g/mol. The number of hydrogen-bond donors (Lipinski definition) is 2. The highest BCUT2D eigenvalue weighted by Crippen LogP contribution is 2.58. The van der Waals surface area contributed by atoms with Gasteiger partial charge in [-0.05, 0) is 72.6 Å². The molecule has 53 heavy (non-hydrogen) atoms. The number of carbonyl (C=O) groups excluding carboxylic acids is 2. The molecule has 6 rings (SSSR count). The van der Waals surface area contributed by atoms with E-state index in [1.807, 2.05) is 13.8 Å². The van der Waals surface area contributed by atoms with Crippen molar-refractivity contribution in [3.05, 3.63) is 52.1 Å². The number of likely N-dealkylation sites (N-methyl/N-ethyl adjacent to an activating group) is 1. The predicted octanol–water partition coefficient (Wildman–Crippen LogP) is 4.39. The van der Waals surface area contributed by atoms with Gasteiger partial charge in [0.1, 0.15) is 30.0 Å². The molecule has 2 N–H and O–H groups in total. The van der Waals surface area contributed by atoms with Gasteiger partial charge in [0.25, 0.3) is 0 Å². The molecule has 0 spiro atoms. The van der Waals surface area contributed by atoms with Gasteiger partial charge < -0.3 is 43.8 Å². The minimum Gasteiger partial charge on any atom is -0.493 e. The Labute approximate surface area is 311 Å². The van der Waals surface area contributed by atoms with Crippen molar-refractivity contribution >= 4 is 12.0 Å². The number of nitrogens with zero attached hydrogens (tertiary/aromatic N) is 3. The van der Waals surface area contributed by atoms with E-state index in [2.05, 4.69) is 46.2 Å². The van der Waals surface area contributed by atoms with Crippen molar-refractivity contribution in [2.24, 2.45) is 0 Å². The number of nitriles is 1. The van der Waals surface area contributed by atoms with Crippen LogP contribution in [0.3, 0.4) is 0 Å². The van der Waals surface area contributed by atoms with Crippen LogP contribution in [0.2, 0.25) is 0 Å². The Bertz CT molecular complexity index is 1820. The van der Waals surface area contributed by atoms with Gasteiger partial charge >= 0.3 is 6.09 Å². The number of hydrogen-bond acceptors (Lipinski definition) is 12. The van der Waals surface area contributed by atoms with E-state index in [1.165, 1.54) is 0 Å². The fourth-order valence-corrected chi connectivity index (χ4v) is 8.50. The molecule has 6 atom stereocenters. The van der Waals surface area contributed by atoms with Crippen molar-refractivity contribution in [1.29, 1.82) is 5.26 Å². The summed E-state index contributed by atoms with van der Waals surface area (Å²) in [5.41, 5.74) is 4.77. The maximum atomic E-state index is 13.7. The first-order valence-corrected chi connectivity index (χ1v) is 17.9. The molecule has 2 amide bonds. The summed E-state index contributed by atoms with van der Waals surface area (Å²) in [5, 5.41) is 16.7. The molecule has 4 heterocycles. The molecule has 2 bridgehead atoms. The zero-order valence-corrected chi connectivity index (χ0v) is 32.1. The van der Waals surface area contributed by atoms with Crippen molar-refractivity contribution in [3.63, 3.8) is 0 Å². The molecular weight excluding hydrogens is 682 g/mol. The van der Waals surface area contributed by atoms with Crippen molar-refractivity contribution in [3.8, 4) is 34.8 Å². The number of piperazine rings is 1. The number of rotatable bonds is 11. The third-order valence-electron chi connectivity index (χ3n) is 10.5. The Morgan fingerprint density at radius 1 is 1.09 bits per heavy atom. The van der Waals surface area contributed by atoms with Crippen LogP contribution in [-0.2, 0) is 27.1 Å². The third kappa shape index (κ3) is 6.82. The smallest absolute Gasteiger partial charge is 0.408 e. The lowest BCUT2D eigenvalue weighted by Crippen LogP contribution is -2.69. The van der Waals surface area contributed by atoms with E-state index in [4.69, 9.17) is 33.2 Å². The van der Waals surface area contributed by atoms with E-state index in [0.717, 1.165) is 33.4 Å². The highest BCUT2D eigenvalue weighted by molar-refractivity contribution is 5.85. The van der Waals surface area contributed by atoms with Gasteiger partial charge in [-0.25, -0.2) is 4.79 Å². The Hall–Kier alpha value is -4.71. The Kier molecular flexibility index (Phi) is 10.7. The summed E-state index contributed by atoms with van der Waals surface area (Å²) in [6.45, 7) is 15.1. The molecule has 4 aliphatic heterocycles. The molecule has 1 saturated heterocycles. The van der Waals surface area contributed by atoms with Crippen LogP contribution >= 0.6 is 0 Å². The first-order chi connectivity index (χ1) is 25.3. The van der Waals surface area contributed by atoms with Crippen LogP contribution < -0.4 is 34.3 Å². The second kappa shape index (κ2) is 15.0. The second-order valence-corrected chi connectivity index (χ2v) is 15.0. The molecule has 14 nitrogen and oxygen atoms in total. The van der Waals surface area contributed by atoms with Crippen LogP contribution in [0.1, 0.15) is 73.2 Å². The third-order valence-corrected chi connectivity index (χ3v) is 10.5. The SMILES string of the molecule is C=CCOc1c(C)c2c(c3c1CC1[C@H]4c5c(cc(C)c(OC)c5OCOC)C[C@H]([C@H](C#N)N1[C@H]3CNC(=O)[C@H](C)NC(=O)OC(C)(C)C)N4C)OCO2. The molecule has 1 fully saturated rings. The second-order valence-electron chi connectivity index (χ2n) is 15.0. The number of benzene rings is 2. The number of nitrogens with one attached hydrogen (secondary N) is 2. The van der Waals surface area contributed by atoms with Gasteiger partial charge in [0.2, 0.25) is 12.7 Å². The number of carbonyl (C=O) groups is 2. The van der Waals surface area contributed by atoms with E-state index < -0.39 is 35.7 Å². The summed E-state index contributed by atoms with van der Waals surface area (Å²) < 4.78 is 41.6. The minimum atomic E-state index is -0.903. The Morgan fingerprint density at radius 2 is 1.83 bits per heavy atom. The number of methoxy groups -OCH3 is 2. The largest absolute Gasteiger partial charge is 0.493 e. The zero-order valence-electron chi connectivity index (χ0n) is 32.1. The summed E-state index contributed by atoms with van der Waals surface area (Å²) in [7, 11) is 5.27. The number of ether oxygens (including phenoxy) is 7. The molecule has 2 aromatic carbocycles. The van der Waals surface area contributed by atoms with E-state index in [0.29, 0.717) is 41.6 Å². The number of aryl methyl sites for hydroxylation is 1. The van der Waals surface area contributed by atoms with Crippen LogP contribution in [0.4, 0.5) is 4.79 Å². The maximum Gasteiger partial charge on any atom is 0.408 e. The molecular formula is C39H51N5O9. The van der Waals surface area contributed by atoms with Gasteiger partial charge in [0, 0.05) is 48.0 Å². The van der Waals surface area contributed by atoms with Crippen molar-refractivity contribution in [2.75, 3.05) is 48.0 Å². The summed E-state index contributed by atoms with van der Waals surface area (Å²) in [6.07, 6.45) is 2.07. The van der Waals surface area contributed by atoms with Gasteiger partial charge in [0.15, 0.2) is 29.8 Å². The molecule has 1 unspecified atom stereocenters. The lowest BCUT2D eigenvalue weighted by Gasteiger charge is -2.60. The Balaban J connectivity index is 1.50. The van der Waals surface area contributed by atoms with Crippen molar-refractivity contribution < 1.29 is 42.7 Å². The van der Waals surface area contributed by atoms with Crippen LogP contribution in [0.15, 0.2) is 18.7 Å². The normalized spacial score (nSPS) is 23.4. The molecule has 0 radical (unpaired) electrons. The lowest BCUT2D eigenvalue weighted by molar-refractivity contribution is -0.123. The summed E-state index contributed by atoms with van der Waals surface area (Å²) in [5.74, 6) is 2.63. The van der Waals surface area contributed by atoms with Crippen LogP contribution in [0, 0.1) is 25.2 Å². The molecule has 0 aromatic heterocycles. The molecule has 0 aliphatic carbocycles. The highest BCUT2D eigenvalue weighted by atomic mass is 16.7. The average Bonchev–Trinajstić information content (AvgIpc) is 3.59. The van der Waals surface area contributed by atoms with E-state index >= 15 is 0 Å². The first kappa shape index (κ1) is 38.0. The van der Waals surface area contributed by atoms with E-state index in [-0.39, 0.29) is 44.9 Å². The minimum absolute atomic E-state index is 0.0231. The van der Waals surface area contributed by atoms with E-state index in [9.17, 15) is 14.9 Å².